The molecule has 0 bridgehead atoms. The minimum atomic E-state index is -3.52. The van der Waals surface area contributed by atoms with Crippen LogP contribution in [0.15, 0.2) is 35.2 Å². The average molecular weight is 365 g/mol. The second-order valence-corrected chi connectivity index (χ2v) is 9.44. The van der Waals surface area contributed by atoms with Gasteiger partial charge in [-0.2, -0.15) is 4.31 Å². The fourth-order valence-corrected chi connectivity index (χ4v) is 5.64. The number of hydrogen-bond donors (Lipinski definition) is 0. The predicted molar refractivity (Wildman–Crippen MR) is 97.5 cm³/mol. The molecule has 1 aromatic rings. The number of carbonyl (C=O) groups is 1. The Morgan fingerprint density at radius 3 is 2.44 bits per heavy atom. The third-order valence-corrected chi connectivity index (χ3v) is 7.35. The Hall–Kier alpha value is -1.40. The zero-order chi connectivity index (χ0) is 18.0. The van der Waals surface area contributed by atoms with Gasteiger partial charge in [0.2, 0.25) is 15.9 Å². The number of rotatable bonds is 4. The number of hydrogen-bond acceptors (Lipinski definition) is 3. The molecular weight excluding hydrogens is 336 g/mol. The van der Waals surface area contributed by atoms with E-state index in [1.807, 2.05) is 4.90 Å². The van der Waals surface area contributed by atoms with Crippen LogP contribution in [0.3, 0.4) is 0 Å². The number of nitrogens with zero attached hydrogens (tertiary/aromatic N) is 2. The van der Waals surface area contributed by atoms with Crippen molar-refractivity contribution in [3.8, 4) is 0 Å². The lowest BCUT2D eigenvalue weighted by Crippen LogP contribution is -2.48. The highest BCUT2D eigenvalue weighted by atomic mass is 32.2. The Kier molecular flexibility index (Phi) is 5.49. The van der Waals surface area contributed by atoms with E-state index in [-0.39, 0.29) is 11.8 Å². The van der Waals surface area contributed by atoms with Crippen LogP contribution in [-0.4, -0.2) is 49.2 Å². The quantitative estimate of drug-likeness (QED) is 0.825. The molecule has 2 aliphatic heterocycles. The van der Waals surface area contributed by atoms with Crippen LogP contribution >= 0.6 is 0 Å². The topological polar surface area (TPSA) is 57.7 Å². The van der Waals surface area contributed by atoms with Gasteiger partial charge in [0.15, 0.2) is 0 Å². The fraction of sp³-hybridized carbons (Fsp3) is 0.632. The van der Waals surface area contributed by atoms with Crippen molar-refractivity contribution in [1.82, 2.24) is 9.21 Å². The standard InChI is InChI=1S/C19H28N2O3S/c1-15(2)18-11-7-13-21(18)19(22)16-8-6-12-20(14-16)25(23,24)17-9-4-3-5-10-17/h3-5,9-10,15-16,18H,6-8,11-14H2,1-2H3. The van der Waals surface area contributed by atoms with E-state index in [0.29, 0.717) is 29.9 Å². The van der Waals surface area contributed by atoms with E-state index >= 15 is 0 Å². The van der Waals surface area contributed by atoms with Crippen molar-refractivity contribution in [2.75, 3.05) is 19.6 Å². The second kappa shape index (κ2) is 7.46. The largest absolute Gasteiger partial charge is 0.339 e. The molecule has 2 unspecified atom stereocenters. The molecule has 0 saturated carbocycles. The summed E-state index contributed by atoms with van der Waals surface area (Å²) in [4.78, 5) is 15.3. The van der Waals surface area contributed by atoms with Crippen LogP contribution in [-0.2, 0) is 14.8 Å². The summed E-state index contributed by atoms with van der Waals surface area (Å²) in [5, 5.41) is 0. The number of carbonyl (C=O) groups excluding carboxylic acids is 1. The van der Waals surface area contributed by atoms with Gasteiger partial charge < -0.3 is 4.90 Å². The van der Waals surface area contributed by atoms with E-state index in [9.17, 15) is 13.2 Å². The highest BCUT2D eigenvalue weighted by molar-refractivity contribution is 7.89. The Labute approximate surface area is 151 Å². The lowest BCUT2D eigenvalue weighted by molar-refractivity contribution is -0.138. The number of likely N-dealkylation sites (tertiary alicyclic amines) is 1. The molecule has 138 valence electrons. The first-order chi connectivity index (χ1) is 11.9. The van der Waals surface area contributed by atoms with Crippen molar-refractivity contribution in [2.45, 2.75) is 50.5 Å². The first kappa shape index (κ1) is 18.4. The Balaban J connectivity index is 1.74. The first-order valence-electron chi connectivity index (χ1n) is 9.27. The van der Waals surface area contributed by atoms with Gasteiger partial charge in [-0.3, -0.25) is 4.79 Å². The number of benzene rings is 1. The van der Waals surface area contributed by atoms with Crippen LogP contribution in [0.2, 0.25) is 0 Å². The van der Waals surface area contributed by atoms with Crippen molar-refractivity contribution in [1.29, 1.82) is 0 Å². The molecule has 1 amide bonds. The number of piperidine rings is 1. The molecule has 0 aliphatic carbocycles. The van der Waals surface area contributed by atoms with Crippen molar-refractivity contribution >= 4 is 15.9 Å². The molecule has 0 radical (unpaired) electrons. The molecule has 25 heavy (non-hydrogen) atoms. The SMILES string of the molecule is CC(C)C1CCCN1C(=O)C1CCCN(S(=O)(=O)c2ccccc2)C1. The van der Waals surface area contributed by atoms with Gasteiger partial charge in [-0.05, 0) is 43.7 Å². The van der Waals surface area contributed by atoms with E-state index in [2.05, 4.69) is 13.8 Å². The molecule has 2 atom stereocenters. The maximum atomic E-state index is 13.0. The van der Waals surface area contributed by atoms with Crippen LogP contribution < -0.4 is 0 Å². The van der Waals surface area contributed by atoms with Gasteiger partial charge in [0.25, 0.3) is 0 Å². The second-order valence-electron chi connectivity index (χ2n) is 7.50. The first-order valence-corrected chi connectivity index (χ1v) is 10.7. The molecule has 2 aliphatic rings. The highest BCUT2D eigenvalue weighted by Gasteiger charge is 2.38. The molecule has 2 fully saturated rings. The van der Waals surface area contributed by atoms with E-state index in [1.165, 1.54) is 4.31 Å². The van der Waals surface area contributed by atoms with Gasteiger partial charge in [-0.25, -0.2) is 8.42 Å². The van der Waals surface area contributed by atoms with Gasteiger partial charge in [-0.1, -0.05) is 32.0 Å². The maximum Gasteiger partial charge on any atom is 0.243 e. The smallest absolute Gasteiger partial charge is 0.243 e. The zero-order valence-electron chi connectivity index (χ0n) is 15.1. The number of amides is 1. The summed E-state index contributed by atoms with van der Waals surface area (Å²) in [6.45, 7) is 5.92. The van der Waals surface area contributed by atoms with E-state index in [0.717, 1.165) is 32.2 Å². The normalized spacial score (nSPS) is 25.5. The van der Waals surface area contributed by atoms with Gasteiger partial charge in [0.1, 0.15) is 0 Å². The third kappa shape index (κ3) is 3.75. The molecule has 0 N–H and O–H groups in total. The Morgan fingerprint density at radius 1 is 1.08 bits per heavy atom. The van der Waals surface area contributed by atoms with Crippen molar-refractivity contribution in [3.63, 3.8) is 0 Å². The van der Waals surface area contributed by atoms with Crippen molar-refractivity contribution in [2.24, 2.45) is 11.8 Å². The average Bonchev–Trinajstić information content (AvgIpc) is 3.12. The summed E-state index contributed by atoms with van der Waals surface area (Å²) in [6, 6.07) is 8.81. The summed E-state index contributed by atoms with van der Waals surface area (Å²) in [6.07, 6.45) is 3.62. The van der Waals surface area contributed by atoms with E-state index in [4.69, 9.17) is 0 Å². The van der Waals surface area contributed by atoms with Crippen LogP contribution in [0.25, 0.3) is 0 Å². The third-order valence-electron chi connectivity index (χ3n) is 5.47. The molecule has 6 heteroatoms. The monoisotopic (exact) mass is 364 g/mol. The molecule has 2 saturated heterocycles. The van der Waals surface area contributed by atoms with Crippen LogP contribution in [0, 0.1) is 11.8 Å². The molecule has 2 heterocycles. The van der Waals surface area contributed by atoms with E-state index < -0.39 is 10.0 Å². The summed E-state index contributed by atoms with van der Waals surface area (Å²) in [7, 11) is -3.52. The van der Waals surface area contributed by atoms with Crippen LogP contribution in [0.4, 0.5) is 0 Å². The minimum Gasteiger partial charge on any atom is -0.339 e. The van der Waals surface area contributed by atoms with Crippen LogP contribution in [0.5, 0.6) is 0 Å². The zero-order valence-corrected chi connectivity index (χ0v) is 15.9. The summed E-state index contributed by atoms with van der Waals surface area (Å²) >= 11 is 0. The summed E-state index contributed by atoms with van der Waals surface area (Å²) in [5.41, 5.74) is 0. The van der Waals surface area contributed by atoms with Crippen molar-refractivity contribution in [3.05, 3.63) is 30.3 Å². The predicted octanol–water partition coefficient (Wildman–Crippen LogP) is 2.73. The van der Waals surface area contributed by atoms with Gasteiger partial charge >= 0.3 is 0 Å². The fourth-order valence-electron chi connectivity index (χ4n) is 4.10. The molecule has 5 nitrogen and oxygen atoms in total. The van der Waals surface area contributed by atoms with E-state index in [1.54, 1.807) is 30.3 Å². The van der Waals surface area contributed by atoms with Gasteiger partial charge in [0.05, 0.1) is 10.8 Å². The molecule has 0 spiro atoms. The Bertz CT molecular complexity index is 703. The lowest BCUT2D eigenvalue weighted by atomic mass is 9.96. The maximum absolute atomic E-state index is 13.0. The summed E-state index contributed by atoms with van der Waals surface area (Å²) in [5.74, 6) is 0.370. The highest BCUT2D eigenvalue weighted by Crippen LogP contribution is 2.29. The van der Waals surface area contributed by atoms with Crippen molar-refractivity contribution < 1.29 is 13.2 Å². The van der Waals surface area contributed by atoms with Gasteiger partial charge in [-0.15, -0.1) is 0 Å². The van der Waals surface area contributed by atoms with Crippen LogP contribution in [0.1, 0.15) is 39.5 Å². The minimum absolute atomic E-state index is 0.143. The molecule has 0 aromatic heterocycles. The lowest BCUT2D eigenvalue weighted by Gasteiger charge is -2.36. The number of sulfonamides is 1. The summed E-state index contributed by atoms with van der Waals surface area (Å²) < 4.78 is 27.2. The Morgan fingerprint density at radius 2 is 1.76 bits per heavy atom. The molecule has 1 aromatic carbocycles. The molecule has 3 rings (SSSR count). The van der Waals surface area contributed by atoms with Gasteiger partial charge in [0, 0.05) is 25.7 Å². The molecular formula is C19H28N2O3S.